The van der Waals surface area contributed by atoms with Gasteiger partial charge in [0.2, 0.25) is 10.0 Å². The van der Waals surface area contributed by atoms with Gasteiger partial charge in [0.25, 0.3) is 0 Å². The fourth-order valence-corrected chi connectivity index (χ4v) is 3.62. The van der Waals surface area contributed by atoms with Gasteiger partial charge in [0, 0.05) is 6.54 Å². The van der Waals surface area contributed by atoms with Gasteiger partial charge in [-0.05, 0) is 53.1 Å². The van der Waals surface area contributed by atoms with E-state index in [9.17, 15) is 26.7 Å². The zero-order valence-corrected chi connectivity index (χ0v) is 13.4. The number of nitrogens with one attached hydrogen (secondary N) is 1. The van der Waals surface area contributed by atoms with E-state index in [1.807, 2.05) is 0 Å². The fraction of sp³-hybridized carbons (Fsp3) is 0.286. The van der Waals surface area contributed by atoms with Crippen LogP contribution in [0.1, 0.15) is 23.7 Å². The van der Waals surface area contributed by atoms with Gasteiger partial charge >= 0.3 is 6.18 Å². The molecule has 0 saturated carbocycles. The lowest BCUT2D eigenvalue weighted by molar-refractivity contribution is -0.137. The molecule has 1 unspecified atom stereocenters. The third-order valence-electron chi connectivity index (χ3n) is 3.13. The fourth-order valence-electron chi connectivity index (χ4n) is 1.87. The molecule has 0 spiro atoms. The second-order valence-electron chi connectivity index (χ2n) is 4.78. The SMILES string of the molecule is O=S(=O)(NCCC(O)c1ccsc1)c1ccc(C(F)(F)F)cc1. The summed E-state index contributed by atoms with van der Waals surface area (Å²) in [4.78, 5) is -0.254. The summed E-state index contributed by atoms with van der Waals surface area (Å²) in [7, 11) is -3.91. The van der Waals surface area contributed by atoms with E-state index in [0.717, 1.165) is 24.3 Å². The second-order valence-corrected chi connectivity index (χ2v) is 7.33. The van der Waals surface area contributed by atoms with Crippen molar-refractivity contribution in [2.75, 3.05) is 6.54 Å². The summed E-state index contributed by atoms with van der Waals surface area (Å²) in [5.74, 6) is 0. The molecule has 0 aliphatic rings. The first-order valence-corrected chi connectivity index (χ1v) is 9.00. The van der Waals surface area contributed by atoms with Crippen LogP contribution in [-0.2, 0) is 16.2 Å². The van der Waals surface area contributed by atoms with Crippen LogP contribution in [0.2, 0.25) is 0 Å². The van der Waals surface area contributed by atoms with E-state index in [-0.39, 0.29) is 17.9 Å². The Bertz CT molecular complexity index is 726. The summed E-state index contributed by atoms with van der Waals surface area (Å²) < 4.78 is 63.6. The van der Waals surface area contributed by atoms with E-state index in [4.69, 9.17) is 0 Å². The summed E-state index contributed by atoms with van der Waals surface area (Å²) in [6.45, 7) is -0.0274. The van der Waals surface area contributed by atoms with E-state index in [0.29, 0.717) is 5.56 Å². The summed E-state index contributed by atoms with van der Waals surface area (Å²) in [6.07, 6.45) is -5.15. The maximum absolute atomic E-state index is 12.5. The highest BCUT2D eigenvalue weighted by atomic mass is 32.2. The van der Waals surface area contributed by atoms with E-state index in [2.05, 4.69) is 4.72 Å². The highest BCUT2D eigenvalue weighted by Crippen LogP contribution is 2.29. The molecule has 2 N–H and O–H groups in total. The number of hydrogen-bond acceptors (Lipinski definition) is 4. The van der Waals surface area contributed by atoms with Crippen molar-refractivity contribution in [2.24, 2.45) is 0 Å². The van der Waals surface area contributed by atoms with Crippen LogP contribution in [0.3, 0.4) is 0 Å². The molecule has 9 heteroatoms. The van der Waals surface area contributed by atoms with Crippen LogP contribution in [0, 0.1) is 0 Å². The highest BCUT2D eigenvalue weighted by Gasteiger charge is 2.30. The number of hydrogen-bond donors (Lipinski definition) is 2. The monoisotopic (exact) mass is 365 g/mol. The second kappa shape index (κ2) is 7.00. The van der Waals surface area contributed by atoms with Gasteiger partial charge in [-0.15, -0.1) is 0 Å². The Hall–Kier alpha value is -1.42. The number of aliphatic hydroxyl groups excluding tert-OH is 1. The van der Waals surface area contributed by atoms with E-state index < -0.39 is 27.9 Å². The van der Waals surface area contributed by atoms with Crippen molar-refractivity contribution in [3.8, 4) is 0 Å². The Kier molecular flexibility index (Phi) is 5.45. The van der Waals surface area contributed by atoms with Crippen molar-refractivity contribution in [3.05, 3.63) is 52.2 Å². The Morgan fingerprint density at radius 1 is 1.17 bits per heavy atom. The lowest BCUT2D eigenvalue weighted by Gasteiger charge is -2.11. The molecule has 0 amide bonds. The number of sulfonamides is 1. The van der Waals surface area contributed by atoms with E-state index >= 15 is 0 Å². The molecule has 0 saturated heterocycles. The standard InChI is InChI=1S/C14H14F3NO3S2/c15-14(16,17)11-1-3-12(4-2-11)23(20,21)18-7-5-13(19)10-6-8-22-9-10/h1-4,6,8-9,13,18-19H,5,7H2. The lowest BCUT2D eigenvalue weighted by atomic mass is 10.1. The molecule has 1 aromatic heterocycles. The molecule has 0 radical (unpaired) electrons. The maximum Gasteiger partial charge on any atom is 0.416 e. The zero-order chi connectivity index (χ0) is 17.1. The molecule has 126 valence electrons. The largest absolute Gasteiger partial charge is 0.416 e. The number of aliphatic hydroxyl groups is 1. The number of thiophene rings is 1. The molecule has 0 fully saturated rings. The van der Waals surface area contributed by atoms with E-state index in [1.54, 1.807) is 16.8 Å². The first-order chi connectivity index (χ1) is 10.7. The van der Waals surface area contributed by atoms with Gasteiger partial charge in [0.1, 0.15) is 0 Å². The van der Waals surface area contributed by atoms with Crippen molar-refractivity contribution >= 4 is 21.4 Å². The van der Waals surface area contributed by atoms with Gasteiger partial charge < -0.3 is 5.11 Å². The number of rotatable bonds is 6. The van der Waals surface area contributed by atoms with Crippen LogP contribution >= 0.6 is 11.3 Å². The Morgan fingerprint density at radius 3 is 2.35 bits per heavy atom. The number of alkyl halides is 3. The molecule has 2 rings (SSSR count). The Labute approximate surface area is 135 Å². The minimum Gasteiger partial charge on any atom is -0.388 e. The molecule has 1 aromatic carbocycles. The van der Waals surface area contributed by atoms with E-state index in [1.165, 1.54) is 11.3 Å². The molecule has 2 aromatic rings. The first-order valence-electron chi connectivity index (χ1n) is 6.57. The zero-order valence-electron chi connectivity index (χ0n) is 11.7. The molecule has 1 heterocycles. The third kappa shape index (κ3) is 4.77. The van der Waals surface area contributed by atoms with Crippen molar-refractivity contribution in [1.29, 1.82) is 0 Å². The maximum atomic E-state index is 12.5. The predicted molar refractivity (Wildman–Crippen MR) is 80.5 cm³/mol. The van der Waals surface area contributed by atoms with Crippen molar-refractivity contribution in [3.63, 3.8) is 0 Å². The van der Waals surface area contributed by atoms with Gasteiger partial charge in [-0.1, -0.05) is 0 Å². The first kappa shape index (κ1) is 17.9. The molecule has 0 bridgehead atoms. The van der Waals surface area contributed by atoms with Crippen LogP contribution in [0.4, 0.5) is 13.2 Å². The molecule has 4 nitrogen and oxygen atoms in total. The van der Waals surface area contributed by atoms with Gasteiger partial charge in [0.05, 0.1) is 16.6 Å². The highest BCUT2D eigenvalue weighted by molar-refractivity contribution is 7.89. The minimum absolute atomic E-state index is 0.0274. The molecule has 0 aliphatic heterocycles. The smallest absolute Gasteiger partial charge is 0.388 e. The van der Waals surface area contributed by atoms with Crippen LogP contribution in [0.15, 0.2) is 46.0 Å². The summed E-state index contributed by atoms with van der Waals surface area (Å²) in [5, 5.41) is 13.4. The molecule has 1 atom stereocenters. The average Bonchev–Trinajstić information content (AvgIpc) is 3.00. The molecular weight excluding hydrogens is 351 g/mol. The number of halogens is 3. The number of benzene rings is 1. The summed E-state index contributed by atoms with van der Waals surface area (Å²) >= 11 is 1.42. The molecule has 23 heavy (non-hydrogen) atoms. The summed E-state index contributed by atoms with van der Waals surface area (Å²) in [5.41, 5.74) is -0.215. The van der Waals surface area contributed by atoms with Crippen LogP contribution in [0.5, 0.6) is 0 Å². The normalized spacial score (nSPS) is 13.9. The van der Waals surface area contributed by atoms with Gasteiger partial charge in [-0.3, -0.25) is 0 Å². The van der Waals surface area contributed by atoms with Crippen molar-refractivity contribution in [2.45, 2.75) is 23.6 Å². The lowest BCUT2D eigenvalue weighted by Crippen LogP contribution is -2.26. The van der Waals surface area contributed by atoms with Crippen LogP contribution in [-0.4, -0.2) is 20.1 Å². The Morgan fingerprint density at radius 2 is 1.83 bits per heavy atom. The van der Waals surface area contributed by atoms with Crippen LogP contribution in [0.25, 0.3) is 0 Å². The third-order valence-corrected chi connectivity index (χ3v) is 5.31. The van der Waals surface area contributed by atoms with Gasteiger partial charge in [0.15, 0.2) is 0 Å². The topological polar surface area (TPSA) is 66.4 Å². The molecular formula is C14H14F3NO3S2. The molecule has 0 aliphatic carbocycles. The van der Waals surface area contributed by atoms with Gasteiger partial charge in [-0.25, -0.2) is 13.1 Å². The van der Waals surface area contributed by atoms with Crippen molar-refractivity contribution < 1.29 is 26.7 Å². The Balaban J connectivity index is 1.96. The average molecular weight is 365 g/mol. The van der Waals surface area contributed by atoms with Crippen molar-refractivity contribution in [1.82, 2.24) is 4.72 Å². The minimum atomic E-state index is -4.51. The quantitative estimate of drug-likeness (QED) is 0.826. The predicted octanol–water partition coefficient (Wildman–Crippen LogP) is 3.17. The van der Waals surface area contributed by atoms with Gasteiger partial charge in [-0.2, -0.15) is 24.5 Å². The summed E-state index contributed by atoms with van der Waals surface area (Å²) in [6, 6.07) is 4.98. The van der Waals surface area contributed by atoms with Crippen LogP contribution < -0.4 is 4.72 Å².